The molecule has 0 bridgehead atoms. The Morgan fingerprint density at radius 2 is 1.56 bits per heavy atom. The van der Waals surface area contributed by atoms with Crippen molar-refractivity contribution in [3.8, 4) is 0 Å². The van der Waals surface area contributed by atoms with E-state index < -0.39 is 15.4 Å². The molecule has 5 heteroatoms. The van der Waals surface area contributed by atoms with Gasteiger partial charge in [-0.2, -0.15) is 8.42 Å². The van der Waals surface area contributed by atoms with Gasteiger partial charge in [0, 0.05) is 6.61 Å². The first kappa shape index (κ1) is 15.9. The van der Waals surface area contributed by atoms with Gasteiger partial charge in [-0.1, -0.05) is 39.0 Å². The molecule has 1 atom stereocenters. The number of hydrogen-bond acceptors (Lipinski definition) is 3. The molecule has 4 nitrogen and oxygen atoms in total. The van der Waals surface area contributed by atoms with Gasteiger partial charge in [0.15, 0.2) is 0 Å². The molecule has 98 valence electrons. The Morgan fingerprint density at radius 1 is 1.00 bits per heavy atom. The predicted molar refractivity (Wildman–Crippen MR) is 65.0 cm³/mol. The molecule has 0 rings (SSSR count). The Balaban J connectivity index is 3.84. The van der Waals surface area contributed by atoms with E-state index in [-0.39, 0.29) is 6.61 Å². The van der Waals surface area contributed by atoms with Crippen LogP contribution in [0.1, 0.15) is 58.3 Å². The minimum Gasteiger partial charge on any atom is -0.396 e. The van der Waals surface area contributed by atoms with Gasteiger partial charge >= 0.3 is 0 Å². The molecule has 0 aromatic heterocycles. The summed E-state index contributed by atoms with van der Waals surface area (Å²) in [6, 6.07) is 0. The summed E-state index contributed by atoms with van der Waals surface area (Å²) in [5.74, 6) is 0. The van der Waals surface area contributed by atoms with Crippen molar-refractivity contribution >= 4 is 10.1 Å². The molecule has 0 heterocycles. The maximum absolute atomic E-state index is 11.1. The van der Waals surface area contributed by atoms with Gasteiger partial charge in [-0.25, -0.2) is 0 Å². The molecule has 1 unspecified atom stereocenters. The second-order valence-electron chi connectivity index (χ2n) is 4.21. The molecule has 0 aromatic carbocycles. The van der Waals surface area contributed by atoms with Crippen LogP contribution in [0.4, 0.5) is 0 Å². The first-order valence-corrected chi connectivity index (χ1v) is 7.59. The van der Waals surface area contributed by atoms with E-state index in [1.165, 1.54) is 0 Å². The fourth-order valence-corrected chi connectivity index (χ4v) is 2.64. The van der Waals surface area contributed by atoms with Crippen LogP contribution in [0.5, 0.6) is 0 Å². The van der Waals surface area contributed by atoms with Crippen LogP contribution in [0.2, 0.25) is 0 Å². The lowest BCUT2D eigenvalue weighted by Crippen LogP contribution is -2.20. The van der Waals surface area contributed by atoms with Crippen molar-refractivity contribution < 1.29 is 18.1 Å². The Labute approximate surface area is 98.8 Å². The van der Waals surface area contributed by atoms with Crippen LogP contribution < -0.4 is 0 Å². The van der Waals surface area contributed by atoms with E-state index in [9.17, 15) is 8.42 Å². The summed E-state index contributed by atoms with van der Waals surface area (Å²) < 4.78 is 31.2. The lowest BCUT2D eigenvalue weighted by atomic mass is 10.1. The topological polar surface area (TPSA) is 74.6 Å². The highest BCUT2D eigenvalue weighted by atomic mass is 32.2. The summed E-state index contributed by atoms with van der Waals surface area (Å²) in [5.41, 5.74) is 0. The molecule has 0 aliphatic carbocycles. The average molecular weight is 252 g/mol. The van der Waals surface area contributed by atoms with Crippen molar-refractivity contribution in [1.29, 1.82) is 0 Å². The summed E-state index contributed by atoms with van der Waals surface area (Å²) in [6.45, 7) is 2.19. The van der Waals surface area contributed by atoms with Gasteiger partial charge in [0.1, 0.15) is 0 Å². The number of unbranched alkanes of at least 4 members (excludes halogenated alkanes) is 4. The molecule has 16 heavy (non-hydrogen) atoms. The van der Waals surface area contributed by atoms with Gasteiger partial charge in [-0.15, -0.1) is 0 Å². The molecule has 0 spiro atoms. The second-order valence-corrected chi connectivity index (χ2v) is 5.90. The van der Waals surface area contributed by atoms with Crippen LogP contribution in [0.25, 0.3) is 0 Å². The van der Waals surface area contributed by atoms with Crippen LogP contribution in [0, 0.1) is 0 Å². The van der Waals surface area contributed by atoms with Crippen LogP contribution >= 0.6 is 0 Å². The zero-order valence-corrected chi connectivity index (χ0v) is 10.9. The fourth-order valence-electron chi connectivity index (χ4n) is 1.71. The molecule has 2 N–H and O–H groups in total. The molecule has 0 aromatic rings. The predicted octanol–water partition coefficient (Wildman–Crippen LogP) is 2.38. The van der Waals surface area contributed by atoms with E-state index in [0.717, 1.165) is 38.5 Å². The highest BCUT2D eigenvalue weighted by Crippen LogP contribution is 2.17. The quantitative estimate of drug-likeness (QED) is 0.462. The maximum Gasteiger partial charge on any atom is 0.267 e. The molecular formula is C11H24O4S. The summed E-state index contributed by atoms with van der Waals surface area (Å²) in [5, 5.41) is 7.99. The molecule has 0 radical (unpaired) electrons. The van der Waals surface area contributed by atoms with Gasteiger partial charge in [0.2, 0.25) is 0 Å². The van der Waals surface area contributed by atoms with Crippen molar-refractivity contribution in [2.45, 2.75) is 63.5 Å². The summed E-state index contributed by atoms with van der Waals surface area (Å²) in [7, 11) is -3.88. The summed E-state index contributed by atoms with van der Waals surface area (Å²) >= 11 is 0. The maximum atomic E-state index is 11.1. The minimum atomic E-state index is -3.88. The minimum absolute atomic E-state index is 0.192. The van der Waals surface area contributed by atoms with Crippen molar-refractivity contribution in [1.82, 2.24) is 0 Å². The Bertz CT molecular complexity index is 249. The highest BCUT2D eigenvalue weighted by molar-refractivity contribution is 7.86. The standard InChI is InChI=1S/C11H24O4S/c1-2-3-8-11(16(13,14)15)9-6-4-5-7-10-12/h11-12H,2-10H2,1H3,(H,13,14,15). The zero-order valence-electron chi connectivity index (χ0n) is 10.1. The van der Waals surface area contributed by atoms with Gasteiger partial charge < -0.3 is 5.11 Å². The van der Waals surface area contributed by atoms with Crippen molar-refractivity contribution in [2.75, 3.05) is 6.61 Å². The van der Waals surface area contributed by atoms with Crippen molar-refractivity contribution in [3.63, 3.8) is 0 Å². The lowest BCUT2D eigenvalue weighted by Gasteiger charge is -2.12. The largest absolute Gasteiger partial charge is 0.396 e. The van der Waals surface area contributed by atoms with Crippen LogP contribution in [-0.2, 0) is 10.1 Å². The molecule has 0 fully saturated rings. The molecule has 0 aliphatic rings. The zero-order chi connectivity index (χ0) is 12.4. The van der Waals surface area contributed by atoms with Crippen LogP contribution in [0.15, 0.2) is 0 Å². The SMILES string of the molecule is CCCCC(CCCCCCO)S(=O)(=O)O. The molecule has 0 saturated carbocycles. The Kier molecular flexibility index (Phi) is 8.89. The van der Waals surface area contributed by atoms with Crippen molar-refractivity contribution in [3.05, 3.63) is 0 Å². The van der Waals surface area contributed by atoms with E-state index >= 15 is 0 Å². The Morgan fingerprint density at radius 3 is 2.06 bits per heavy atom. The van der Waals surface area contributed by atoms with Gasteiger partial charge in [-0.05, 0) is 19.3 Å². The van der Waals surface area contributed by atoms with E-state index in [0.29, 0.717) is 12.8 Å². The fraction of sp³-hybridized carbons (Fsp3) is 1.00. The third-order valence-corrected chi connectivity index (χ3v) is 4.05. The number of rotatable bonds is 10. The summed E-state index contributed by atoms with van der Waals surface area (Å²) in [6.07, 6.45) is 6.26. The van der Waals surface area contributed by atoms with E-state index in [4.69, 9.17) is 9.66 Å². The molecule has 0 saturated heterocycles. The van der Waals surface area contributed by atoms with Crippen LogP contribution in [0.3, 0.4) is 0 Å². The van der Waals surface area contributed by atoms with E-state index in [2.05, 4.69) is 0 Å². The number of aliphatic hydroxyl groups is 1. The monoisotopic (exact) mass is 252 g/mol. The first-order valence-electron chi connectivity index (χ1n) is 6.09. The third kappa shape index (κ3) is 8.07. The van der Waals surface area contributed by atoms with Crippen LogP contribution in [-0.4, -0.2) is 29.9 Å². The van der Waals surface area contributed by atoms with E-state index in [1.807, 2.05) is 6.92 Å². The van der Waals surface area contributed by atoms with Gasteiger partial charge in [-0.3, -0.25) is 4.55 Å². The molecular weight excluding hydrogens is 228 g/mol. The van der Waals surface area contributed by atoms with Crippen molar-refractivity contribution in [2.24, 2.45) is 0 Å². The third-order valence-electron chi connectivity index (χ3n) is 2.74. The number of hydrogen-bond donors (Lipinski definition) is 2. The van der Waals surface area contributed by atoms with E-state index in [1.54, 1.807) is 0 Å². The van der Waals surface area contributed by atoms with Gasteiger partial charge in [0.25, 0.3) is 10.1 Å². The average Bonchev–Trinajstić information content (AvgIpc) is 2.20. The number of aliphatic hydroxyl groups excluding tert-OH is 1. The Hall–Kier alpha value is -0.130. The smallest absolute Gasteiger partial charge is 0.267 e. The van der Waals surface area contributed by atoms with Gasteiger partial charge in [0.05, 0.1) is 5.25 Å². The molecule has 0 amide bonds. The second kappa shape index (κ2) is 8.96. The lowest BCUT2D eigenvalue weighted by molar-refractivity contribution is 0.282. The summed E-state index contributed by atoms with van der Waals surface area (Å²) in [4.78, 5) is 0. The normalized spacial score (nSPS) is 13.9. The molecule has 0 aliphatic heterocycles. The first-order chi connectivity index (χ1) is 7.52. The highest BCUT2D eigenvalue weighted by Gasteiger charge is 2.21.